The van der Waals surface area contributed by atoms with Gasteiger partial charge in [0.15, 0.2) is 5.54 Å². The molecule has 0 aliphatic carbocycles. The Labute approximate surface area is 94.6 Å². The van der Waals surface area contributed by atoms with Crippen LogP contribution in [-0.2, 0) is 9.53 Å². The van der Waals surface area contributed by atoms with Crippen LogP contribution in [0.15, 0.2) is 0 Å². The lowest BCUT2D eigenvalue weighted by Gasteiger charge is -2.28. The minimum absolute atomic E-state index is 0.0370. The Bertz CT molecular complexity index is 270. The van der Waals surface area contributed by atoms with Crippen LogP contribution in [0.3, 0.4) is 0 Å². The first kappa shape index (κ1) is 12.8. The van der Waals surface area contributed by atoms with Crippen molar-refractivity contribution in [3.63, 3.8) is 0 Å². The highest BCUT2D eigenvalue weighted by atomic mass is 16.5. The molecule has 0 spiro atoms. The molecule has 2 N–H and O–H groups in total. The topological polar surface area (TPSA) is 78.9 Å². The lowest BCUT2D eigenvalue weighted by molar-refractivity contribution is -0.144. The summed E-state index contributed by atoms with van der Waals surface area (Å²) < 4.78 is 5.06. The summed E-state index contributed by atoms with van der Waals surface area (Å²) in [6.07, 6.45) is 0.315. The molecule has 0 aromatic rings. The van der Waals surface area contributed by atoms with Gasteiger partial charge in [-0.2, -0.15) is 0 Å². The molecule has 0 aromatic carbocycles. The first-order valence-corrected chi connectivity index (χ1v) is 5.44. The van der Waals surface area contributed by atoms with Gasteiger partial charge in [-0.25, -0.2) is 9.59 Å². The van der Waals surface area contributed by atoms with Crippen molar-refractivity contribution in [3.8, 4) is 0 Å². The van der Waals surface area contributed by atoms with E-state index in [9.17, 15) is 9.59 Å². The fraction of sp³-hybridized carbons (Fsp3) is 0.800. The Kier molecular flexibility index (Phi) is 4.12. The Morgan fingerprint density at radius 1 is 1.44 bits per heavy atom. The summed E-state index contributed by atoms with van der Waals surface area (Å²) in [6.45, 7) is 5.21. The number of ether oxygens (including phenoxy) is 1. The first-order chi connectivity index (χ1) is 7.55. The summed E-state index contributed by atoms with van der Waals surface area (Å²) >= 11 is 0. The summed E-state index contributed by atoms with van der Waals surface area (Å²) in [7, 11) is 0. The summed E-state index contributed by atoms with van der Waals surface area (Å²) in [5, 5.41) is 11.7. The van der Waals surface area contributed by atoms with Crippen LogP contribution in [0.4, 0.5) is 4.79 Å². The summed E-state index contributed by atoms with van der Waals surface area (Å²) in [4.78, 5) is 24.5. The first-order valence-electron chi connectivity index (χ1n) is 5.44. The number of rotatable bonds is 4. The van der Waals surface area contributed by atoms with Gasteiger partial charge in [0.1, 0.15) is 0 Å². The van der Waals surface area contributed by atoms with Gasteiger partial charge in [-0.15, -0.1) is 0 Å². The zero-order valence-corrected chi connectivity index (χ0v) is 9.65. The van der Waals surface area contributed by atoms with Gasteiger partial charge in [-0.3, -0.25) is 0 Å². The number of nitrogens with zero attached hydrogens (tertiary/aromatic N) is 1. The maximum Gasteiger partial charge on any atom is 0.332 e. The molecule has 0 bridgehead atoms. The van der Waals surface area contributed by atoms with E-state index in [1.54, 1.807) is 4.90 Å². The fourth-order valence-electron chi connectivity index (χ4n) is 1.68. The monoisotopic (exact) mass is 230 g/mol. The average Bonchev–Trinajstić information content (AvgIpc) is 2.69. The van der Waals surface area contributed by atoms with E-state index >= 15 is 0 Å². The molecule has 1 saturated heterocycles. The number of nitrogens with one attached hydrogen (secondary N) is 1. The van der Waals surface area contributed by atoms with Crippen molar-refractivity contribution in [1.29, 1.82) is 0 Å². The predicted molar refractivity (Wildman–Crippen MR) is 57.3 cm³/mol. The second kappa shape index (κ2) is 5.16. The van der Waals surface area contributed by atoms with E-state index < -0.39 is 11.5 Å². The van der Waals surface area contributed by atoms with Gasteiger partial charge in [-0.05, 0) is 13.8 Å². The molecule has 6 nitrogen and oxygen atoms in total. The van der Waals surface area contributed by atoms with Gasteiger partial charge in [0.25, 0.3) is 0 Å². The van der Waals surface area contributed by atoms with Gasteiger partial charge in [0.2, 0.25) is 0 Å². The average molecular weight is 230 g/mol. The van der Waals surface area contributed by atoms with E-state index in [0.717, 1.165) is 0 Å². The summed E-state index contributed by atoms with van der Waals surface area (Å²) in [6, 6.07) is -0.349. The zero-order valence-electron chi connectivity index (χ0n) is 9.65. The Morgan fingerprint density at radius 2 is 2.06 bits per heavy atom. The van der Waals surface area contributed by atoms with Crippen LogP contribution in [0.25, 0.3) is 0 Å². The van der Waals surface area contributed by atoms with Crippen LogP contribution >= 0.6 is 0 Å². The third-order valence-electron chi connectivity index (χ3n) is 2.83. The SMILES string of the molecule is CCN(CC)C(=O)NC1(C(=O)O)CCOC1. The predicted octanol–water partition coefficient (Wildman–Crippen LogP) is 0.281. The second-order valence-electron chi connectivity index (χ2n) is 3.79. The van der Waals surface area contributed by atoms with Gasteiger partial charge in [0, 0.05) is 26.1 Å². The smallest absolute Gasteiger partial charge is 0.332 e. The van der Waals surface area contributed by atoms with Crippen LogP contribution in [0.2, 0.25) is 0 Å². The van der Waals surface area contributed by atoms with Crippen LogP contribution in [0.1, 0.15) is 20.3 Å². The number of hydrogen-bond acceptors (Lipinski definition) is 3. The number of amides is 2. The Balaban J connectivity index is 2.69. The normalized spacial score (nSPS) is 24.1. The fourth-order valence-corrected chi connectivity index (χ4v) is 1.68. The number of carbonyl (C=O) groups is 2. The van der Waals surface area contributed by atoms with Crippen molar-refractivity contribution >= 4 is 12.0 Å². The van der Waals surface area contributed by atoms with E-state index in [1.807, 2.05) is 13.8 Å². The van der Waals surface area contributed by atoms with Crippen LogP contribution < -0.4 is 5.32 Å². The Morgan fingerprint density at radius 3 is 2.44 bits per heavy atom. The van der Waals surface area contributed by atoms with Crippen molar-refractivity contribution in [2.75, 3.05) is 26.3 Å². The minimum atomic E-state index is -1.25. The molecule has 6 heteroatoms. The van der Waals surface area contributed by atoms with E-state index in [2.05, 4.69) is 5.32 Å². The van der Waals surface area contributed by atoms with Crippen molar-refractivity contribution in [2.45, 2.75) is 25.8 Å². The maximum absolute atomic E-state index is 11.8. The van der Waals surface area contributed by atoms with Crippen molar-refractivity contribution < 1.29 is 19.4 Å². The van der Waals surface area contributed by atoms with Gasteiger partial charge < -0.3 is 20.1 Å². The van der Waals surface area contributed by atoms with Crippen molar-refractivity contribution in [1.82, 2.24) is 10.2 Å². The molecule has 2 amide bonds. The molecule has 1 fully saturated rings. The standard InChI is InChI=1S/C10H18N2O4/c1-3-12(4-2)9(15)11-10(8(13)14)5-6-16-7-10/h3-7H2,1-2H3,(H,11,15)(H,13,14). The second-order valence-corrected chi connectivity index (χ2v) is 3.79. The molecule has 1 heterocycles. The van der Waals surface area contributed by atoms with Crippen LogP contribution in [-0.4, -0.2) is 53.8 Å². The lowest BCUT2D eigenvalue weighted by Crippen LogP contribution is -2.58. The summed E-state index contributed by atoms with van der Waals surface area (Å²) in [5.74, 6) is -1.04. The number of carboxylic acid groups (broad SMARTS) is 1. The van der Waals surface area contributed by atoms with E-state index in [4.69, 9.17) is 9.84 Å². The number of aliphatic carboxylic acids is 1. The third kappa shape index (κ3) is 2.44. The van der Waals surface area contributed by atoms with Crippen LogP contribution in [0, 0.1) is 0 Å². The minimum Gasteiger partial charge on any atom is -0.479 e. The lowest BCUT2D eigenvalue weighted by atomic mass is 9.99. The molecule has 0 saturated carbocycles. The molecule has 0 aromatic heterocycles. The maximum atomic E-state index is 11.8. The molecule has 1 rings (SSSR count). The molecule has 1 atom stereocenters. The Hall–Kier alpha value is -1.30. The highest BCUT2D eigenvalue weighted by Gasteiger charge is 2.44. The molecular formula is C10H18N2O4. The number of carbonyl (C=O) groups excluding carboxylic acids is 1. The highest BCUT2D eigenvalue weighted by Crippen LogP contribution is 2.19. The van der Waals surface area contributed by atoms with E-state index in [-0.39, 0.29) is 12.6 Å². The molecule has 1 aliphatic rings. The van der Waals surface area contributed by atoms with Crippen LogP contribution in [0.5, 0.6) is 0 Å². The largest absolute Gasteiger partial charge is 0.479 e. The molecule has 1 aliphatic heterocycles. The molecular weight excluding hydrogens is 212 g/mol. The third-order valence-corrected chi connectivity index (χ3v) is 2.83. The van der Waals surface area contributed by atoms with E-state index in [1.165, 1.54) is 0 Å². The molecule has 16 heavy (non-hydrogen) atoms. The van der Waals surface area contributed by atoms with Crippen molar-refractivity contribution in [2.24, 2.45) is 0 Å². The molecule has 1 unspecified atom stereocenters. The van der Waals surface area contributed by atoms with E-state index in [0.29, 0.717) is 26.1 Å². The zero-order chi connectivity index (χ0) is 12.2. The number of carboxylic acids is 1. The number of hydrogen-bond donors (Lipinski definition) is 2. The number of urea groups is 1. The highest BCUT2D eigenvalue weighted by molar-refractivity contribution is 5.86. The molecule has 92 valence electrons. The summed E-state index contributed by atoms with van der Waals surface area (Å²) in [5.41, 5.74) is -1.25. The van der Waals surface area contributed by atoms with Crippen molar-refractivity contribution in [3.05, 3.63) is 0 Å². The van der Waals surface area contributed by atoms with Gasteiger partial charge in [0.05, 0.1) is 6.61 Å². The van der Waals surface area contributed by atoms with Gasteiger partial charge >= 0.3 is 12.0 Å². The molecule has 0 radical (unpaired) electrons. The van der Waals surface area contributed by atoms with Gasteiger partial charge in [-0.1, -0.05) is 0 Å². The quantitative estimate of drug-likeness (QED) is 0.727.